The molecule has 0 heterocycles. The van der Waals surface area contributed by atoms with Crippen molar-refractivity contribution in [3.8, 4) is 0 Å². The minimum Gasteiger partial charge on any atom is -0.857 e. The molecule has 46 valence electrons. The Morgan fingerprint density at radius 1 is 1.11 bits per heavy atom. The van der Waals surface area contributed by atoms with Crippen molar-refractivity contribution in [1.29, 1.82) is 0 Å². The molecule has 0 atom stereocenters. The van der Waals surface area contributed by atoms with Gasteiger partial charge in [0.2, 0.25) is 0 Å². The molecule has 4 heteroatoms. The summed E-state index contributed by atoms with van der Waals surface area (Å²) in [7, 11) is 0.750. The molecule has 0 rings (SSSR count). The van der Waals surface area contributed by atoms with E-state index in [1.807, 2.05) is 13.8 Å². The summed E-state index contributed by atoms with van der Waals surface area (Å²) in [5.74, 6) is 0. The summed E-state index contributed by atoms with van der Waals surface area (Å²) in [5, 5.41) is 12.2. The van der Waals surface area contributed by atoms with Crippen LogP contribution in [0.5, 0.6) is 0 Å². The zero-order chi connectivity index (χ0) is 6.12. The van der Waals surface area contributed by atoms with Crippen LogP contribution in [0.25, 0.3) is 5.32 Å². The van der Waals surface area contributed by atoms with Crippen molar-refractivity contribution in [1.82, 2.24) is 0 Å². The van der Waals surface area contributed by atoms with Crippen molar-refractivity contribution in [2.75, 3.05) is 20.2 Å². The third kappa shape index (κ3) is 43.5. The molecular formula is C5H13LiNNaO. The van der Waals surface area contributed by atoms with Gasteiger partial charge in [0.25, 0.3) is 0 Å². The summed E-state index contributed by atoms with van der Waals surface area (Å²) in [6.45, 7) is 6.03. The van der Waals surface area contributed by atoms with E-state index in [0.29, 0.717) is 0 Å². The Hall–Kier alpha value is 1.52. The van der Waals surface area contributed by atoms with Crippen LogP contribution in [0.2, 0.25) is 0 Å². The molecule has 0 bridgehead atoms. The minimum atomic E-state index is 0. The van der Waals surface area contributed by atoms with Crippen LogP contribution >= 0.6 is 0 Å². The van der Waals surface area contributed by atoms with Crippen molar-refractivity contribution in [2.45, 2.75) is 13.8 Å². The van der Waals surface area contributed by atoms with Crippen LogP contribution in [0.3, 0.4) is 0 Å². The molecule has 0 N–H and O–H groups in total. The van der Waals surface area contributed by atoms with Gasteiger partial charge in [0.05, 0.1) is 0 Å². The maximum absolute atomic E-state index is 8.25. The van der Waals surface area contributed by atoms with E-state index in [4.69, 9.17) is 5.11 Å². The molecule has 0 saturated carbocycles. The standard InChI is InChI=1S/C4H10N.CH3O.Li.Na/c1-3-5-4-2;1-2;;/h3-4H2,1-2H3;1H3;;/q2*-1;2*+1. The Morgan fingerprint density at radius 3 is 1.33 bits per heavy atom. The van der Waals surface area contributed by atoms with Crippen molar-refractivity contribution in [3.63, 3.8) is 0 Å². The van der Waals surface area contributed by atoms with Gasteiger partial charge in [-0.1, -0.05) is 13.8 Å². The zero-order valence-corrected chi connectivity index (χ0v) is 9.27. The predicted octanol–water partition coefficient (Wildman–Crippen LogP) is -5.62. The summed E-state index contributed by atoms with van der Waals surface area (Å²) in [5.41, 5.74) is 0. The molecule has 0 unspecified atom stereocenters. The molecule has 0 amide bonds. The first-order chi connectivity index (χ1) is 3.41. The maximum atomic E-state index is 8.25. The number of rotatable bonds is 2. The van der Waals surface area contributed by atoms with Gasteiger partial charge >= 0.3 is 48.4 Å². The second-order valence-electron chi connectivity index (χ2n) is 0.856. The first-order valence-electron chi connectivity index (χ1n) is 2.45. The Labute approximate surface area is 92.3 Å². The van der Waals surface area contributed by atoms with Crippen molar-refractivity contribution in [3.05, 3.63) is 5.32 Å². The van der Waals surface area contributed by atoms with E-state index in [0.717, 1.165) is 20.2 Å². The fourth-order valence-electron chi connectivity index (χ4n) is 0.224. The van der Waals surface area contributed by atoms with E-state index in [9.17, 15) is 0 Å². The molecular weight excluding hydrogens is 120 g/mol. The fraction of sp³-hybridized carbons (Fsp3) is 1.00. The molecule has 0 aliphatic heterocycles. The molecule has 0 aromatic rings. The Morgan fingerprint density at radius 2 is 1.33 bits per heavy atom. The second-order valence-corrected chi connectivity index (χ2v) is 0.856. The minimum absolute atomic E-state index is 0. The molecule has 0 fully saturated rings. The van der Waals surface area contributed by atoms with Crippen molar-refractivity contribution in [2.24, 2.45) is 0 Å². The number of hydrogen-bond donors (Lipinski definition) is 0. The number of hydrogen-bond acceptors (Lipinski definition) is 1. The average molecular weight is 133 g/mol. The molecule has 0 aromatic heterocycles. The molecule has 9 heavy (non-hydrogen) atoms. The van der Waals surface area contributed by atoms with E-state index >= 15 is 0 Å². The van der Waals surface area contributed by atoms with Crippen LogP contribution in [0.15, 0.2) is 0 Å². The van der Waals surface area contributed by atoms with E-state index in [1.54, 1.807) is 0 Å². The third-order valence-corrected chi connectivity index (χ3v) is 0.447. The summed E-state index contributed by atoms with van der Waals surface area (Å²) < 4.78 is 0. The largest absolute Gasteiger partial charge is 1.00 e. The first kappa shape index (κ1) is 22.4. The molecule has 0 spiro atoms. The van der Waals surface area contributed by atoms with Crippen molar-refractivity contribution >= 4 is 0 Å². The van der Waals surface area contributed by atoms with Crippen LogP contribution in [-0.4, -0.2) is 20.2 Å². The van der Waals surface area contributed by atoms with Gasteiger partial charge in [-0.2, -0.15) is 20.2 Å². The summed E-state index contributed by atoms with van der Waals surface area (Å²) in [6.07, 6.45) is 0. The van der Waals surface area contributed by atoms with Gasteiger partial charge < -0.3 is 10.4 Å². The molecule has 0 aliphatic carbocycles. The van der Waals surface area contributed by atoms with Gasteiger partial charge in [-0.05, 0) is 0 Å². The molecule has 2 nitrogen and oxygen atoms in total. The van der Waals surface area contributed by atoms with Crippen LogP contribution in [0.4, 0.5) is 0 Å². The average Bonchev–Trinajstić information content (AvgIpc) is 1.75. The van der Waals surface area contributed by atoms with Crippen molar-refractivity contribution < 1.29 is 53.5 Å². The predicted molar refractivity (Wildman–Crippen MR) is 30.4 cm³/mol. The van der Waals surface area contributed by atoms with E-state index in [-0.39, 0.29) is 48.4 Å². The third-order valence-electron chi connectivity index (χ3n) is 0.447. The SMILES string of the molecule is CC[N-]CC.C[O-].[Li+].[Na+]. The zero-order valence-electron chi connectivity index (χ0n) is 7.27. The Bertz CT molecular complexity index is 24.4. The monoisotopic (exact) mass is 133 g/mol. The van der Waals surface area contributed by atoms with Gasteiger partial charge in [0.1, 0.15) is 0 Å². The molecule has 0 radical (unpaired) electrons. The summed E-state index contributed by atoms with van der Waals surface area (Å²) >= 11 is 0. The van der Waals surface area contributed by atoms with Crippen LogP contribution in [0.1, 0.15) is 13.8 Å². The normalized spacial score (nSPS) is 5.33. The van der Waals surface area contributed by atoms with Gasteiger partial charge in [-0.15, -0.1) is 0 Å². The Kier molecular flexibility index (Phi) is 84.3. The maximum Gasteiger partial charge on any atom is 1.00 e. The number of nitrogens with zero attached hydrogens (tertiary/aromatic N) is 1. The van der Waals surface area contributed by atoms with E-state index in [1.165, 1.54) is 0 Å². The topological polar surface area (TPSA) is 37.2 Å². The molecule has 0 aromatic carbocycles. The fourth-order valence-corrected chi connectivity index (χ4v) is 0.224. The van der Waals surface area contributed by atoms with E-state index < -0.39 is 0 Å². The second kappa shape index (κ2) is 33.8. The quantitative estimate of drug-likeness (QED) is 0.346. The van der Waals surface area contributed by atoms with E-state index in [2.05, 4.69) is 5.32 Å². The van der Waals surface area contributed by atoms with Crippen LogP contribution in [-0.2, 0) is 0 Å². The Balaban J connectivity index is -0.0000000286. The summed E-state index contributed by atoms with van der Waals surface area (Å²) in [6, 6.07) is 0. The van der Waals surface area contributed by atoms with Gasteiger partial charge in [0, 0.05) is 0 Å². The van der Waals surface area contributed by atoms with Crippen LogP contribution in [0, 0.1) is 0 Å². The molecule has 0 saturated heterocycles. The molecule has 0 aliphatic rings. The van der Waals surface area contributed by atoms with Crippen LogP contribution < -0.4 is 53.5 Å². The van der Waals surface area contributed by atoms with Gasteiger partial charge in [-0.3, -0.25) is 0 Å². The summed E-state index contributed by atoms with van der Waals surface area (Å²) in [4.78, 5) is 0. The smallest absolute Gasteiger partial charge is 0.857 e. The first-order valence-corrected chi connectivity index (χ1v) is 2.45. The van der Waals surface area contributed by atoms with Gasteiger partial charge in [-0.25, -0.2) is 0 Å². The van der Waals surface area contributed by atoms with Gasteiger partial charge in [0.15, 0.2) is 0 Å².